The van der Waals surface area contributed by atoms with Crippen LogP contribution >= 0.6 is 26.6 Å². The predicted octanol–water partition coefficient (Wildman–Crippen LogP) is 2.42. The molecule has 1 aromatic rings. The first-order chi connectivity index (χ1) is 9.77. The normalized spacial score (nSPS) is 14.8. The van der Waals surface area contributed by atoms with Crippen LogP contribution in [0.4, 0.5) is 4.39 Å². The maximum absolute atomic E-state index is 13.6. The average Bonchev–Trinajstić information content (AvgIpc) is 3.19. The Labute approximate surface area is 134 Å². The van der Waals surface area contributed by atoms with Crippen LogP contribution in [0.1, 0.15) is 12.8 Å². The molecule has 1 aromatic carbocycles. The van der Waals surface area contributed by atoms with E-state index < -0.39 is 19.8 Å². The Balaban J connectivity index is 1.99. The number of hydrogen-bond donors (Lipinski definition) is 1. The number of rotatable bonds is 6. The summed E-state index contributed by atoms with van der Waals surface area (Å²) in [6, 6.07) is 1.86. The summed E-state index contributed by atoms with van der Waals surface area (Å²) in [6.45, 7) is 0.332. The van der Waals surface area contributed by atoms with Gasteiger partial charge in [0.15, 0.2) is 6.61 Å². The monoisotopic (exact) mass is 399 g/mol. The first-order valence-corrected chi connectivity index (χ1v) is 9.21. The van der Waals surface area contributed by atoms with Crippen LogP contribution in [-0.4, -0.2) is 27.5 Å². The van der Waals surface area contributed by atoms with Crippen molar-refractivity contribution < 1.29 is 22.3 Å². The van der Waals surface area contributed by atoms with Crippen molar-refractivity contribution >= 4 is 41.6 Å². The van der Waals surface area contributed by atoms with E-state index in [1.165, 1.54) is 0 Å². The molecule has 0 bridgehead atoms. The van der Waals surface area contributed by atoms with Crippen LogP contribution in [-0.2, 0) is 13.8 Å². The zero-order valence-corrected chi connectivity index (χ0v) is 13.9. The third-order valence-electron chi connectivity index (χ3n) is 2.89. The number of benzene rings is 1. The molecule has 0 saturated heterocycles. The summed E-state index contributed by atoms with van der Waals surface area (Å²) in [5.74, 6) is -0.783. The molecule has 0 radical (unpaired) electrons. The molecule has 1 aliphatic rings. The van der Waals surface area contributed by atoms with Crippen LogP contribution in [0.15, 0.2) is 21.5 Å². The maximum atomic E-state index is 13.6. The van der Waals surface area contributed by atoms with E-state index in [-0.39, 0.29) is 22.7 Å². The number of ether oxygens (including phenoxy) is 1. The second-order valence-corrected chi connectivity index (χ2v) is 8.08. The van der Waals surface area contributed by atoms with Crippen LogP contribution < -0.4 is 10.1 Å². The third kappa shape index (κ3) is 4.82. The highest BCUT2D eigenvalue weighted by atomic mass is 79.9. The lowest BCUT2D eigenvalue weighted by molar-refractivity contribution is -0.123. The summed E-state index contributed by atoms with van der Waals surface area (Å²) >= 11 is 3.05. The van der Waals surface area contributed by atoms with Crippen molar-refractivity contribution in [1.29, 1.82) is 0 Å². The van der Waals surface area contributed by atoms with Gasteiger partial charge in [0.25, 0.3) is 15.0 Å². The first kappa shape index (κ1) is 16.5. The van der Waals surface area contributed by atoms with E-state index in [0.717, 1.165) is 25.0 Å². The fourth-order valence-corrected chi connectivity index (χ4v) is 3.10. The topological polar surface area (TPSA) is 72.5 Å². The second-order valence-electron chi connectivity index (χ2n) is 4.69. The largest absolute Gasteiger partial charge is 0.482 e. The third-order valence-corrected chi connectivity index (χ3v) is 4.85. The summed E-state index contributed by atoms with van der Waals surface area (Å²) in [7, 11) is 0.916. The number of hydrogen-bond acceptors (Lipinski definition) is 4. The van der Waals surface area contributed by atoms with Gasteiger partial charge in [-0.15, -0.1) is 0 Å². The van der Waals surface area contributed by atoms with Gasteiger partial charge in [-0.2, -0.15) is 0 Å². The molecular weight excluding hydrogens is 389 g/mol. The highest BCUT2D eigenvalue weighted by Gasteiger charge is 2.22. The Morgan fingerprint density at radius 3 is 2.71 bits per heavy atom. The lowest BCUT2D eigenvalue weighted by atomic mass is 10.3. The quantitative estimate of drug-likeness (QED) is 0.744. The predicted molar refractivity (Wildman–Crippen MR) is 78.4 cm³/mol. The zero-order chi connectivity index (χ0) is 15.6. The summed E-state index contributed by atoms with van der Waals surface area (Å²) < 4.78 is 41.3. The van der Waals surface area contributed by atoms with E-state index >= 15 is 0 Å². The van der Waals surface area contributed by atoms with Crippen molar-refractivity contribution in [1.82, 2.24) is 5.32 Å². The highest BCUT2D eigenvalue weighted by molar-refractivity contribution is 9.10. The van der Waals surface area contributed by atoms with Crippen molar-refractivity contribution in [2.75, 3.05) is 13.2 Å². The van der Waals surface area contributed by atoms with Gasteiger partial charge in [-0.1, -0.05) is 0 Å². The molecule has 0 spiro atoms. The van der Waals surface area contributed by atoms with Crippen molar-refractivity contribution in [3.8, 4) is 5.75 Å². The van der Waals surface area contributed by atoms with Crippen molar-refractivity contribution in [3.05, 3.63) is 22.4 Å². The number of carbonyl (C=O) groups excluding carboxylic acids is 1. The SMILES string of the molecule is O=C(COc1cc(F)c(S(=O)(=O)Cl)cc1Br)NCC1CC1. The minimum atomic E-state index is -4.18. The van der Waals surface area contributed by atoms with Gasteiger partial charge >= 0.3 is 0 Å². The highest BCUT2D eigenvalue weighted by Crippen LogP contribution is 2.31. The molecule has 116 valence electrons. The summed E-state index contributed by atoms with van der Waals surface area (Å²) in [4.78, 5) is 10.9. The van der Waals surface area contributed by atoms with Crippen LogP contribution in [0.25, 0.3) is 0 Å². The van der Waals surface area contributed by atoms with E-state index in [1.54, 1.807) is 0 Å². The molecule has 21 heavy (non-hydrogen) atoms. The molecular formula is C12H12BrClFNO4S. The van der Waals surface area contributed by atoms with Crippen LogP contribution in [0.2, 0.25) is 0 Å². The van der Waals surface area contributed by atoms with Gasteiger partial charge in [-0.05, 0) is 40.8 Å². The molecule has 0 heterocycles. The fraction of sp³-hybridized carbons (Fsp3) is 0.417. The fourth-order valence-electron chi connectivity index (χ4n) is 1.58. The Hall–Kier alpha value is -0.860. The maximum Gasteiger partial charge on any atom is 0.264 e. The number of carbonyl (C=O) groups is 1. The summed E-state index contributed by atoms with van der Waals surface area (Å²) in [5, 5.41) is 2.69. The molecule has 1 N–H and O–H groups in total. The van der Waals surface area contributed by atoms with E-state index in [9.17, 15) is 17.6 Å². The number of halogens is 3. The molecule has 2 rings (SSSR count). The minimum Gasteiger partial charge on any atom is -0.482 e. The molecule has 5 nitrogen and oxygen atoms in total. The first-order valence-electron chi connectivity index (χ1n) is 6.10. The van der Waals surface area contributed by atoms with Crippen LogP contribution in [0.5, 0.6) is 5.75 Å². The van der Waals surface area contributed by atoms with E-state index in [4.69, 9.17) is 15.4 Å². The van der Waals surface area contributed by atoms with Gasteiger partial charge in [-0.3, -0.25) is 4.79 Å². The smallest absolute Gasteiger partial charge is 0.264 e. The molecule has 1 amide bonds. The van der Waals surface area contributed by atoms with Crippen LogP contribution in [0, 0.1) is 11.7 Å². The van der Waals surface area contributed by atoms with Crippen molar-refractivity contribution in [2.45, 2.75) is 17.7 Å². The Morgan fingerprint density at radius 2 is 2.14 bits per heavy atom. The number of amides is 1. The molecule has 0 unspecified atom stereocenters. The molecule has 1 aliphatic carbocycles. The van der Waals surface area contributed by atoms with E-state index in [1.807, 2.05) is 0 Å². The molecule has 0 aliphatic heterocycles. The minimum absolute atomic E-state index is 0.0261. The zero-order valence-electron chi connectivity index (χ0n) is 10.7. The second kappa shape index (κ2) is 6.50. The van der Waals surface area contributed by atoms with Gasteiger partial charge in [0.05, 0.1) is 4.47 Å². The van der Waals surface area contributed by atoms with E-state index in [2.05, 4.69) is 21.2 Å². The van der Waals surface area contributed by atoms with Gasteiger partial charge < -0.3 is 10.1 Å². The Bertz CT molecular complexity index is 663. The molecule has 9 heteroatoms. The lowest BCUT2D eigenvalue weighted by Gasteiger charge is -2.10. The molecule has 1 saturated carbocycles. The average molecular weight is 401 g/mol. The Morgan fingerprint density at radius 1 is 1.48 bits per heavy atom. The van der Waals surface area contributed by atoms with Gasteiger partial charge in [0.1, 0.15) is 16.5 Å². The van der Waals surface area contributed by atoms with Crippen molar-refractivity contribution in [2.24, 2.45) is 5.92 Å². The molecule has 0 atom stereocenters. The van der Waals surface area contributed by atoms with Gasteiger partial charge in [0, 0.05) is 23.3 Å². The lowest BCUT2D eigenvalue weighted by Crippen LogP contribution is -2.30. The van der Waals surface area contributed by atoms with Gasteiger partial charge in [0.2, 0.25) is 0 Å². The summed E-state index contributed by atoms with van der Waals surface area (Å²) in [5.41, 5.74) is 0. The number of nitrogens with one attached hydrogen (secondary N) is 1. The summed E-state index contributed by atoms with van der Waals surface area (Å²) in [6.07, 6.45) is 2.23. The molecule has 0 aromatic heterocycles. The van der Waals surface area contributed by atoms with E-state index in [0.29, 0.717) is 12.5 Å². The van der Waals surface area contributed by atoms with Crippen LogP contribution in [0.3, 0.4) is 0 Å². The molecule has 1 fully saturated rings. The standard InChI is InChI=1S/C12H12BrClFNO4S/c13-8-3-11(21(14,18)19)9(15)4-10(8)20-6-12(17)16-5-7-1-2-7/h3-4,7H,1-2,5-6H2,(H,16,17). The Kier molecular flexibility index (Phi) is 5.11. The van der Waals surface area contributed by atoms with Gasteiger partial charge in [-0.25, -0.2) is 12.8 Å². The van der Waals surface area contributed by atoms with Crippen molar-refractivity contribution in [3.63, 3.8) is 0 Å².